The highest BCUT2D eigenvalue weighted by Gasteiger charge is 2.16. The summed E-state index contributed by atoms with van der Waals surface area (Å²) < 4.78 is 5.59. The molecule has 5 heteroatoms. The monoisotopic (exact) mass is 307 g/mol. The molecule has 5 nitrogen and oxygen atoms in total. The third-order valence-electron chi connectivity index (χ3n) is 3.62. The summed E-state index contributed by atoms with van der Waals surface area (Å²) in [7, 11) is 0. The second kappa shape index (κ2) is 5.88. The maximum Gasteiger partial charge on any atom is 0.276 e. The average molecular weight is 307 g/mol. The predicted octanol–water partition coefficient (Wildman–Crippen LogP) is 4.55. The maximum absolute atomic E-state index is 12.3. The Balaban J connectivity index is 1.95. The Morgan fingerprint density at radius 2 is 1.83 bits per heavy atom. The molecule has 3 aromatic rings. The number of hydrogen-bond acceptors (Lipinski definition) is 4. The fraction of sp³-hybridized carbons (Fsp3) is 0.0556. The van der Waals surface area contributed by atoms with Gasteiger partial charge >= 0.3 is 0 Å². The molecule has 0 unspecified atom stereocenters. The molecule has 2 aromatic carbocycles. The first-order valence-electron chi connectivity index (χ1n) is 7.02. The van der Waals surface area contributed by atoms with Gasteiger partial charge in [-0.2, -0.15) is 0 Å². The molecule has 0 aliphatic carbocycles. The van der Waals surface area contributed by atoms with Gasteiger partial charge in [0.05, 0.1) is 10.5 Å². The molecule has 0 N–H and O–H groups in total. The lowest BCUT2D eigenvalue weighted by Gasteiger charge is -1.96. The third-order valence-corrected chi connectivity index (χ3v) is 3.62. The summed E-state index contributed by atoms with van der Waals surface area (Å²) in [6, 6.07) is 13.7. The summed E-state index contributed by atoms with van der Waals surface area (Å²) in [6.07, 6.45) is 2.74. The van der Waals surface area contributed by atoms with Crippen LogP contribution in [0.25, 0.3) is 17.0 Å². The Morgan fingerprint density at radius 3 is 2.57 bits per heavy atom. The Morgan fingerprint density at radius 1 is 1.13 bits per heavy atom. The summed E-state index contributed by atoms with van der Waals surface area (Å²) in [4.78, 5) is 22.8. The first kappa shape index (κ1) is 14.7. The number of nitro groups is 1. The number of fused-ring (bicyclic) bond motifs is 1. The maximum atomic E-state index is 12.3. The van der Waals surface area contributed by atoms with Gasteiger partial charge in [-0.25, -0.2) is 0 Å². The van der Waals surface area contributed by atoms with Crippen LogP contribution < -0.4 is 0 Å². The van der Waals surface area contributed by atoms with E-state index >= 15 is 0 Å². The Labute approximate surface area is 132 Å². The summed E-state index contributed by atoms with van der Waals surface area (Å²) >= 11 is 0. The van der Waals surface area contributed by atoms with Crippen LogP contribution in [0, 0.1) is 17.0 Å². The van der Waals surface area contributed by atoms with Gasteiger partial charge in [0.15, 0.2) is 5.76 Å². The highest BCUT2D eigenvalue weighted by atomic mass is 16.6. The minimum Gasteiger partial charge on any atom is -0.452 e. The van der Waals surface area contributed by atoms with E-state index in [1.54, 1.807) is 24.3 Å². The lowest BCUT2D eigenvalue weighted by atomic mass is 10.1. The van der Waals surface area contributed by atoms with E-state index in [1.807, 2.05) is 25.1 Å². The van der Waals surface area contributed by atoms with Gasteiger partial charge in [-0.1, -0.05) is 30.3 Å². The Bertz CT molecular complexity index is 937. The van der Waals surface area contributed by atoms with E-state index in [9.17, 15) is 14.9 Å². The highest BCUT2D eigenvalue weighted by Crippen LogP contribution is 2.26. The Kier molecular flexibility index (Phi) is 3.76. The minimum absolute atomic E-state index is 0.0436. The van der Waals surface area contributed by atoms with Crippen LogP contribution in [0.5, 0.6) is 0 Å². The van der Waals surface area contributed by atoms with Crippen LogP contribution in [0.4, 0.5) is 5.69 Å². The van der Waals surface area contributed by atoms with Crippen molar-refractivity contribution in [2.75, 3.05) is 0 Å². The topological polar surface area (TPSA) is 73.3 Å². The number of carbonyl (C=O) groups excluding carboxylic acids is 1. The summed E-state index contributed by atoms with van der Waals surface area (Å²) in [5.74, 6) is -0.0714. The van der Waals surface area contributed by atoms with Crippen molar-refractivity contribution in [2.24, 2.45) is 0 Å². The molecule has 3 rings (SSSR count). The number of furan rings is 1. The number of allylic oxidation sites excluding steroid dienone is 1. The van der Waals surface area contributed by atoms with E-state index in [0.29, 0.717) is 11.1 Å². The van der Waals surface area contributed by atoms with Crippen LogP contribution >= 0.6 is 0 Å². The van der Waals surface area contributed by atoms with Crippen LogP contribution in [0.1, 0.15) is 21.7 Å². The van der Waals surface area contributed by atoms with Crippen molar-refractivity contribution >= 4 is 28.5 Å². The van der Waals surface area contributed by atoms with E-state index < -0.39 is 4.92 Å². The summed E-state index contributed by atoms with van der Waals surface area (Å²) in [5.41, 5.74) is 1.74. The first-order chi connectivity index (χ1) is 11.1. The molecule has 114 valence electrons. The second-order valence-electron chi connectivity index (χ2n) is 5.07. The predicted molar refractivity (Wildman–Crippen MR) is 87.4 cm³/mol. The minimum atomic E-state index is -0.476. The van der Waals surface area contributed by atoms with Crippen LogP contribution in [-0.2, 0) is 0 Å². The van der Waals surface area contributed by atoms with Crippen LogP contribution in [0.15, 0.2) is 59.0 Å². The van der Waals surface area contributed by atoms with Gasteiger partial charge < -0.3 is 4.42 Å². The van der Waals surface area contributed by atoms with Crippen molar-refractivity contribution in [3.05, 3.63) is 81.6 Å². The SMILES string of the molecule is Cc1c(C(=O)/C=C/c2ccccc2[N+](=O)[O-])oc2ccccc12. The average Bonchev–Trinajstić information content (AvgIpc) is 2.90. The zero-order chi connectivity index (χ0) is 16.4. The molecule has 0 atom stereocenters. The molecule has 1 aromatic heterocycles. The van der Waals surface area contributed by atoms with Gasteiger partial charge in [0.25, 0.3) is 5.69 Å². The number of aryl methyl sites for hydroxylation is 1. The summed E-state index contributed by atoms with van der Waals surface area (Å²) in [5, 5.41) is 11.9. The van der Waals surface area contributed by atoms with Crippen LogP contribution in [0.2, 0.25) is 0 Å². The highest BCUT2D eigenvalue weighted by molar-refractivity contribution is 6.08. The lowest BCUT2D eigenvalue weighted by Crippen LogP contribution is -1.95. The summed E-state index contributed by atoms with van der Waals surface area (Å²) in [6.45, 7) is 1.82. The molecule has 0 radical (unpaired) electrons. The first-order valence-corrected chi connectivity index (χ1v) is 7.02. The van der Waals surface area contributed by atoms with Crippen molar-refractivity contribution in [3.63, 3.8) is 0 Å². The smallest absolute Gasteiger partial charge is 0.276 e. The van der Waals surface area contributed by atoms with E-state index in [2.05, 4.69) is 0 Å². The lowest BCUT2D eigenvalue weighted by molar-refractivity contribution is -0.385. The van der Waals surface area contributed by atoms with Crippen LogP contribution in [-0.4, -0.2) is 10.7 Å². The molecular weight excluding hydrogens is 294 g/mol. The third kappa shape index (κ3) is 2.76. The van der Waals surface area contributed by atoms with E-state index in [0.717, 1.165) is 10.9 Å². The molecule has 0 aliphatic heterocycles. The van der Waals surface area contributed by atoms with Crippen molar-refractivity contribution in [1.82, 2.24) is 0 Å². The molecule has 0 fully saturated rings. The fourth-order valence-electron chi connectivity index (χ4n) is 2.45. The number of ketones is 1. The molecule has 23 heavy (non-hydrogen) atoms. The van der Waals surface area contributed by atoms with Gasteiger partial charge in [0.2, 0.25) is 5.78 Å². The normalized spacial score (nSPS) is 11.2. The van der Waals surface area contributed by atoms with Gasteiger partial charge in [0.1, 0.15) is 5.58 Å². The standard InChI is InChI=1S/C18H13NO4/c1-12-14-7-3-5-9-17(14)23-18(12)16(20)11-10-13-6-2-4-8-15(13)19(21)22/h2-11H,1H3/b11-10+. The molecular formula is C18H13NO4. The molecule has 0 saturated carbocycles. The Hall–Kier alpha value is -3.21. The molecule has 0 saturated heterocycles. The molecule has 1 heterocycles. The number of rotatable bonds is 4. The largest absolute Gasteiger partial charge is 0.452 e. The number of nitrogens with zero attached hydrogens (tertiary/aromatic N) is 1. The van der Waals surface area contributed by atoms with Crippen molar-refractivity contribution in [3.8, 4) is 0 Å². The number of nitro benzene ring substituents is 1. The van der Waals surface area contributed by atoms with Crippen molar-refractivity contribution in [1.29, 1.82) is 0 Å². The van der Waals surface area contributed by atoms with E-state index in [-0.39, 0.29) is 17.2 Å². The molecule has 0 spiro atoms. The van der Waals surface area contributed by atoms with Crippen LogP contribution in [0.3, 0.4) is 0 Å². The number of para-hydroxylation sites is 2. The van der Waals surface area contributed by atoms with Gasteiger partial charge in [-0.05, 0) is 31.2 Å². The zero-order valence-electron chi connectivity index (χ0n) is 12.4. The van der Waals surface area contributed by atoms with Gasteiger partial charge in [0, 0.05) is 17.0 Å². The van der Waals surface area contributed by atoms with E-state index in [4.69, 9.17) is 4.42 Å². The van der Waals surface area contributed by atoms with Gasteiger partial charge in [-0.15, -0.1) is 0 Å². The second-order valence-corrected chi connectivity index (χ2v) is 5.07. The van der Waals surface area contributed by atoms with Crippen molar-refractivity contribution in [2.45, 2.75) is 6.92 Å². The quantitative estimate of drug-likeness (QED) is 0.307. The fourth-order valence-corrected chi connectivity index (χ4v) is 2.45. The van der Waals surface area contributed by atoms with Gasteiger partial charge in [-0.3, -0.25) is 14.9 Å². The number of benzene rings is 2. The molecule has 0 bridgehead atoms. The number of hydrogen-bond donors (Lipinski definition) is 0. The zero-order valence-corrected chi connectivity index (χ0v) is 12.4. The number of carbonyl (C=O) groups is 1. The van der Waals surface area contributed by atoms with E-state index in [1.165, 1.54) is 18.2 Å². The molecule has 0 amide bonds. The van der Waals surface area contributed by atoms with Crippen molar-refractivity contribution < 1.29 is 14.1 Å². The molecule has 0 aliphatic rings.